The molecule has 16 heteroatoms. The van der Waals surface area contributed by atoms with Crippen molar-refractivity contribution in [1.82, 2.24) is 29.9 Å². The summed E-state index contributed by atoms with van der Waals surface area (Å²) in [6.45, 7) is -1.90. The van der Waals surface area contributed by atoms with Gasteiger partial charge in [-0.3, -0.25) is 0 Å². The van der Waals surface area contributed by atoms with E-state index in [0.29, 0.717) is 74.9 Å². The standard InChI is InChI=1S/C22H21F2N5O.C19H14F2N4O2.CH4/c1-12-9-18(30-22(23)24)19(14-6-8-27-20(12)14)15(3-2-7-25)21-28-16-5-4-13(11-26)10-17(16)29-21;1-9-6-14(27-19(20)21)15(11-4-5-23-16(9)11)17(26)18-24-12-3-2-10(8-22)7-13(12)25-18;/h4-6,8-10,15,22,27H,2-3,7,25H2,1H3,(H,28,29);2-7,17,19,23,26H,1H3,(H,24,25);1H4. The van der Waals surface area contributed by atoms with Crippen molar-refractivity contribution < 1.29 is 32.1 Å². The lowest BCUT2D eigenvalue weighted by molar-refractivity contribution is -0.0516. The first-order chi connectivity index (χ1) is 27.5. The molecule has 0 spiro atoms. The highest BCUT2D eigenvalue weighted by Gasteiger charge is 2.28. The normalized spacial score (nSPS) is 12.3. The fraction of sp³-hybridized carbons (Fsp3) is 0.238. The number of H-pyrrole nitrogens is 4. The van der Waals surface area contributed by atoms with E-state index in [1.54, 1.807) is 67.8 Å². The number of imidazole rings is 2. The fourth-order valence-electron chi connectivity index (χ4n) is 7.20. The molecule has 4 heterocycles. The van der Waals surface area contributed by atoms with Crippen molar-refractivity contribution in [1.29, 1.82) is 10.5 Å². The number of aliphatic hydroxyl groups excluding tert-OH is 1. The number of nitrogens with one attached hydrogen (secondary N) is 4. The van der Waals surface area contributed by atoms with Crippen LogP contribution in [0.1, 0.15) is 77.3 Å². The smallest absolute Gasteiger partial charge is 0.387 e. The van der Waals surface area contributed by atoms with Crippen molar-refractivity contribution in [2.45, 2.75) is 59.4 Å². The van der Waals surface area contributed by atoms with Crippen molar-refractivity contribution in [3.63, 3.8) is 0 Å². The summed E-state index contributed by atoms with van der Waals surface area (Å²) in [7, 11) is 0. The Bertz CT molecular complexity index is 2810. The largest absolute Gasteiger partial charge is 0.434 e. The van der Waals surface area contributed by atoms with Crippen LogP contribution in [0.5, 0.6) is 11.5 Å². The highest BCUT2D eigenvalue weighted by molar-refractivity contribution is 5.90. The number of nitrogens with two attached hydrogens (primary N) is 1. The summed E-state index contributed by atoms with van der Waals surface area (Å²) >= 11 is 0. The van der Waals surface area contributed by atoms with Gasteiger partial charge < -0.3 is 40.2 Å². The van der Waals surface area contributed by atoms with E-state index in [-0.39, 0.29) is 36.2 Å². The monoisotopic (exact) mass is 793 g/mol. The van der Waals surface area contributed by atoms with Gasteiger partial charge in [-0.25, -0.2) is 9.97 Å². The van der Waals surface area contributed by atoms with E-state index in [0.717, 1.165) is 22.0 Å². The number of benzene rings is 4. The highest BCUT2D eigenvalue weighted by atomic mass is 19.3. The minimum absolute atomic E-state index is 0. The molecule has 2 unspecified atom stereocenters. The number of nitriles is 2. The molecule has 0 fully saturated rings. The van der Waals surface area contributed by atoms with Crippen molar-refractivity contribution in [2.75, 3.05) is 6.54 Å². The van der Waals surface area contributed by atoms with E-state index in [9.17, 15) is 22.7 Å². The van der Waals surface area contributed by atoms with Gasteiger partial charge in [-0.1, -0.05) is 7.43 Å². The predicted molar refractivity (Wildman–Crippen MR) is 212 cm³/mol. The number of hydrogen-bond acceptors (Lipinski definition) is 8. The predicted octanol–water partition coefficient (Wildman–Crippen LogP) is 9.24. The number of aliphatic hydroxyl groups is 1. The van der Waals surface area contributed by atoms with E-state index in [2.05, 4.69) is 35.7 Å². The SMILES string of the molecule is C.Cc1cc(OC(F)F)c(C(CCCN)c2nc3ccc(C#N)cc3[nH]2)c2cc[nH]c12.Cc1cc(OC(F)F)c(C(O)c2nc3ccc(C#N)cc3[nH]2)c2cc[nH]c12. The van der Waals surface area contributed by atoms with Crippen LogP contribution in [0.2, 0.25) is 0 Å². The number of ether oxygens (including phenoxy) is 2. The summed E-state index contributed by atoms with van der Waals surface area (Å²) in [5.41, 5.74) is 13.2. The van der Waals surface area contributed by atoms with Gasteiger partial charge >= 0.3 is 13.2 Å². The number of aromatic nitrogens is 6. The molecule has 4 aromatic carbocycles. The second kappa shape index (κ2) is 17.1. The summed E-state index contributed by atoms with van der Waals surface area (Å²) in [4.78, 5) is 21.5. The summed E-state index contributed by atoms with van der Waals surface area (Å²) in [6.07, 6.45) is 3.41. The van der Waals surface area contributed by atoms with E-state index >= 15 is 0 Å². The van der Waals surface area contributed by atoms with Crippen LogP contribution in [-0.4, -0.2) is 54.8 Å². The number of nitrogens with zero attached hydrogens (tertiary/aromatic N) is 4. The maximum atomic E-state index is 13.2. The Morgan fingerprint density at radius 1 is 0.724 bits per heavy atom. The third-order valence-electron chi connectivity index (χ3n) is 9.69. The van der Waals surface area contributed by atoms with Crippen LogP contribution in [0.15, 0.2) is 73.1 Å². The van der Waals surface area contributed by atoms with Gasteiger partial charge in [0.05, 0.1) is 45.3 Å². The Hall–Kier alpha value is -6.88. The third kappa shape index (κ3) is 8.02. The lowest BCUT2D eigenvalue weighted by atomic mass is 9.89. The zero-order chi connectivity index (χ0) is 40.4. The van der Waals surface area contributed by atoms with E-state index in [1.165, 1.54) is 6.07 Å². The molecule has 0 bridgehead atoms. The molecule has 2 atom stereocenters. The van der Waals surface area contributed by atoms with Crippen molar-refractivity contribution in [3.05, 3.63) is 118 Å². The number of rotatable bonds is 11. The molecule has 0 aliphatic heterocycles. The van der Waals surface area contributed by atoms with Gasteiger partial charge in [0.1, 0.15) is 29.3 Å². The molecule has 58 heavy (non-hydrogen) atoms. The Morgan fingerprint density at radius 2 is 1.21 bits per heavy atom. The topological polar surface area (TPSA) is 201 Å². The first-order valence-electron chi connectivity index (χ1n) is 17.8. The Labute approximate surface area is 329 Å². The van der Waals surface area contributed by atoms with Gasteiger partial charge in [-0.2, -0.15) is 28.1 Å². The number of aromatic amines is 4. The lowest BCUT2D eigenvalue weighted by Crippen LogP contribution is -2.12. The van der Waals surface area contributed by atoms with Gasteiger partial charge in [0.25, 0.3) is 0 Å². The molecule has 0 aliphatic carbocycles. The lowest BCUT2D eigenvalue weighted by Gasteiger charge is -2.21. The Balaban J connectivity index is 0.000000193. The van der Waals surface area contributed by atoms with Crippen molar-refractivity contribution in [2.24, 2.45) is 5.73 Å². The summed E-state index contributed by atoms with van der Waals surface area (Å²) < 4.78 is 61.9. The molecule has 7 N–H and O–H groups in total. The maximum Gasteiger partial charge on any atom is 0.387 e. The van der Waals surface area contributed by atoms with Crippen molar-refractivity contribution in [3.8, 4) is 23.6 Å². The van der Waals surface area contributed by atoms with E-state index in [4.69, 9.17) is 26.0 Å². The van der Waals surface area contributed by atoms with Crippen LogP contribution in [0.3, 0.4) is 0 Å². The molecule has 298 valence electrons. The number of alkyl halides is 4. The zero-order valence-electron chi connectivity index (χ0n) is 30.5. The number of halogens is 4. The summed E-state index contributed by atoms with van der Waals surface area (Å²) in [5.74, 6) is 0.485. The van der Waals surface area contributed by atoms with Crippen LogP contribution in [0, 0.1) is 36.5 Å². The summed E-state index contributed by atoms with van der Waals surface area (Å²) in [5, 5.41) is 30.5. The van der Waals surface area contributed by atoms with Gasteiger partial charge in [0, 0.05) is 51.2 Å². The molecule has 8 aromatic rings. The molecular formula is C42H39F4N9O3. The van der Waals surface area contributed by atoms with Gasteiger partial charge in [-0.15, -0.1) is 0 Å². The van der Waals surface area contributed by atoms with Crippen LogP contribution in [-0.2, 0) is 0 Å². The highest BCUT2D eigenvalue weighted by Crippen LogP contribution is 2.42. The van der Waals surface area contributed by atoms with E-state index < -0.39 is 19.3 Å². The van der Waals surface area contributed by atoms with E-state index in [1.807, 2.05) is 19.1 Å². The van der Waals surface area contributed by atoms with Crippen LogP contribution >= 0.6 is 0 Å². The van der Waals surface area contributed by atoms with Crippen molar-refractivity contribution >= 4 is 43.9 Å². The minimum Gasteiger partial charge on any atom is -0.434 e. The maximum absolute atomic E-state index is 13.2. The quantitative estimate of drug-likeness (QED) is 0.0696. The molecule has 0 saturated carbocycles. The van der Waals surface area contributed by atoms with Crippen LogP contribution in [0.4, 0.5) is 17.6 Å². The van der Waals surface area contributed by atoms with Gasteiger partial charge in [0.2, 0.25) is 0 Å². The molecule has 8 rings (SSSR count). The average Bonchev–Trinajstić information content (AvgIpc) is 4.01. The number of fused-ring (bicyclic) bond motifs is 4. The Morgan fingerprint density at radius 3 is 1.71 bits per heavy atom. The molecule has 0 amide bonds. The second-order valence-corrected chi connectivity index (χ2v) is 13.3. The van der Waals surface area contributed by atoms with Gasteiger partial charge in [0.15, 0.2) is 0 Å². The molecule has 0 aliphatic rings. The molecular weight excluding hydrogens is 755 g/mol. The first kappa shape index (κ1) is 40.8. The summed E-state index contributed by atoms with van der Waals surface area (Å²) in [6, 6.07) is 20.8. The Kier molecular flexibility index (Phi) is 12.0. The molecule has 12 nitrogen and oxygen atoms in total. The van der Waals surface area contributed by atoms with Crippen LogP contribution in [0.25, 0.3) is 43.9 Å². The molecule has 0 saturated heterocycles. The van der Waals surface area contributed by atoms with Gasteiger partial charge in [-0.05, 0) is 105 Å². The molecule has 4 aromatic heterocycles. The second-order valence-electron chi connectivity index (χ2n) is 13.3. The third-order valence-corrected chi connectivity index (χ3v) is 9.69. The first-order valence-corrected chi connectivity index (χ1v) is 17.8. The molecule has 0 radical (unpaired) electrons. The number of hydrogen-bond donors (Lipinski definition) is 6. The average molecular weight is 794 g/mol. The fourth-order valence-corrected chi connectivity index (χ4v) is 7.20. The van der Waals surface area contributed by atoms with Crippen LogP contribution < -0.4 is 15.2 Å². The number of aryl methyl sites for hydroxylation is 2. The minimum atomic E-state index is -3.03. The zero-order valence-corrected chi connectivity index (χ0v) is 30.5.